The van der Waals surface area contributed by atoms with Gasteiger partial charge in [0.2, 0.25) is 5.91 Å². The van der Waals surface area contributed by atoms with Gasteiger partial charge in [0.15, 0.2) is 0 Å². The first-order valence-corrected chi connectivity index (χ1v) is 6.36. The zero-order valence-electron chi connectivity index (χ0n) is 10.6. The highest BCUT2D eigenvalue weighted by Gasteiger charge is 2.46. The summed E-state index contributed by atoms with van der Waals surface area (Å²) < 4.78 is 5.33. The second-order valence-corrected chi connectivity index (χ2v) is 5.21. The number of rotatable bonds is 4. The molecule has 2 aliphatic rings. The van der Waals surface area contributed by atoms with Gasteiger partial charge in [0.25, 0.3) is 0 Å². The number of aliphatic hydroxyl groups is 1. The largest absolute Gasteiger partial charge is 0.386 e. The molecule has 5 nitrogen and oxygen atoms in total. The molecule has 98 valence electrons. The van der Waals surface area contributed by atoms with E-state index < -0.39 is 5.60 Å². The number of likely N-dealkylation sites (tertiary alicyclic amines) is 1. The van der Waals surface area contributed by atoms with E-state index in [1.807, 2.05) is 14.0 Å². The third-order valence-electron chi connectivity index (χ3n) is 3.77. The molecule has 0 bridgehead atoms. The topological polar surface area (TPSA) is 61.8 Å². The highest BCUT2D eigenvalue weighted by atomic mass is 16.5. The van der Waals surface area contributed by atoms with E-state index in [4.69, 9.17) is 4.74 Å². The summed E-state index contributed by atoms with van der Waals surface area (Å²) in [5.41, 5.74) is -0.640. The van der Waals surface area contributed by atoms with Gasteiger partial charge in [-0.2, -0.15) is 0 Å². The van der Waals surface area contributed by atoms with Gasteiger partial charge in [-0.05, 0) is 13.5 Å². The van der Waals surface area contributed by atoms with Gasteiger partial charge in [-0.15, -0.1) is 0 Å². The maximum atomic E-state index is 12.2. The number of carbonyl (C=O) groups excluding carboxylic acids is 1. The molecule has 2 rings (SSSR count). The Kier molecular flexibility index (Phi) is 3.70. The molecule has 0 saturated carbocycles. The van der Waals surface area contributed by atoms with Crippen LogP contribution in [-0.4, -0.2) is 60.9 Å². The van der Waals surface area contributed by atoms with E-state index >= 15 is 0 Å². The van der Waals surface area contributed by atoms with Crippen LogP contribution in [0.15, 0.2) is 0 Å². The molecular formula is C12H22N2O3. The summed E-state index contributed by atoms with van der Waals surface area (Å²) in [6, 6.07) is 0.113. The van der Waals surface area contributed by atoms with Gasteiger partial charge >= 0.3 is 0 Å². The molecule has 2 unspecified atom stereocenters. The molecule has 2 aliphatic heterocycles. The number of amides is 1. The van der Waals surface area contributed by atoms with Crippen LogP contribution < -0.4 is 5.32 Å². The first-order valence-electron chi connectivity index (χ1n) is 6.36. The van der Waals surface area contributed by atoms with Crippen LogP contribution in [-0.2, 0) is 9.53 Å². The van der Waals surface area contributed by atoms with E-state index in [1.165, 1.54) is 0 Å². The number of carbonyl (C=O) groups is 1. The summed E-state index contributed by atoms with van der Waals surface area (Å²) in [5.74, 6) is 0.0220. The zero-order chi connectivity index (χ0) is 12.5. The van der Waals surface area contributed by atoms with Crippen molar-refractivity contribution in [1.29, 1.82) is 0 Å². The maximum absolute atomic E-state index is 12.2. The molecule has 2 atom stereocenters. The van der Waals surface area contributed by atoms with Crippen molar-refractivity contribution in [1.82, 2.24) is 10.2 Å². The maximum Gasteiger partial charge on any atom is 0.229 e. The molecule has 0 aromatic rings. The second kappa shape index (κ2) is 4.92. The molecule has 0 aromatic heterocycles. The zero-order valence-corrected chi connectivity index (χ0v) is 10.6. The van der Waals surface area contributed by atoms with Crippen LogP contribution >= 0.6 is 0 Å². The molecular weight excluding hydrogens is 220 g/mol. The average molecular weight is 242 g/mol. The van der Waals surface area contributed by atoms with Crippen LogP contribution in [0.1, 0.15) is 19.8 Å². The number of likely N-dealkylation sites (N-methyl/N-ethyl adjacent to an activating group) is 1. The minimum Gasteiger partial charge on any atom is -0.386 e. The lowest BCUT2D eigenvalue weighted by atomic mass is 9.87. The van der Waals surface area contributed by atoms with Crippen LogP contribution in [0.2, 0.25) is 0 Å². The molecule has 0 spiro atoms. The normalized spacial score (nSPS) is 31.4. The lowest BCUT2D eigenvalue weighted by molar-refractivity contribution is -0.161. The second-order valence-electron chi connectivity index (χ2n) is 5.21. The first kappa shape index (κ1) is 12.8. The number of nitrogens with zero attached hydrogens (tertiary/aromatic N) is 1. The Labute approximate surface area is 102 Å². The number of hydrogen-bond donors (Lipinski definition) is 2. The van der Waals surface area contributed by atoms with E-state index in [2.05, 4.69) is 5.32 Å². The first-order chi connectivity index (χ1) is 8.09. The Balaban J connectivity index is 1.86. The Morgan fingerprint density at radius 1 is 1.53 bits per heavy atom. The van der Waals surface area contributed by atoms with Crippen molar-refractivity contribution in [2.45, 2.75) is 31.4 Å². The monoisotopic (exact) mass is 242 g/mol. The Morgan fingerprint density at radius 3 is 2.82 bits per heavy atom. The average Bonchev–Trinajstić information content (AvgIpc) is 2.73. The van der Waals surface area contributed by atoms with Gasteiger partial charge in [0, 0.05) is 6.04 Å². The van der Waals surface area contributed by atoms with E-state index in [-0.39, 0.29) is 17.9 Å². The lowest BCUT2D eigenvalue weighted by Gasteiger charge is -2.47. The van der Waals surface area contributed by atoms with Gasteiger partial charge in [-0.25, -0.2) is 0 Å². The number of nitrogens with one attached hydrogen (secondary N) is 1. The van der Waals surface area contributed by atoms with Crippen molar-refractivity contribution in [2.24, 2.45) is 5.92 Å². The molecule has 0 aliphatic carbocycles. The molecule has 0 aromatic carbocycles. The van der Waals surface area contributed by atoms with Gasteiger partial charge in [0.1, 0.15) is 0 Å². The van der Waals surface area contributed by atoms with Crippen LogP contribution in [0, 0.1) is 5.92 Å². The van der Waals surface area contributed by atoms with E-state index in [0.29, 0.717) is 26.3 Å². The summed E-state index contributed by atoms with van der Waals surface area (Å²) >= 11 is 0. The predicted octanol–water partition coefficient (Wildman–Crippen LogP) is -0.406. The van der Waals surface area contributed by atoms with Crippen LogP contribution in [0.5, 0.6) is 0 Å². The minimum absolute atomic E-state index is 0.0915. The highest BCUT2D eigenvalue weighted by molar-refractivity contribution is 5.81. The molecule has 2 N–H and O–H groups in total. The number of β-amino-alcohol motifs (C(OH)–C–C–N with tert-alkyl or cyclic N) is 1. The van der Waals surface area contributed by atoms with Crippen molar-refractivity contribution in [2.75, 3.05) is 33.4 Å². The van der Waals surface area contributed by atoms with Gasteiger partial charge < -0.3 is 20.1 Å². The van der Waals surface area contributed by atoms with Crippen molar-refractivity contribution < 1.29 is 14.6 Å². The fraction of sp³-hybridized carbons (Fsp3) is 0.917. The quantitative estimate of drug-likeness (QED) is 0.704. The molecule has 1 amide bonds. The summed E-state index contributed by atoms with van der Waals surface area (Å²) in [6.45, 7) is 4.09. The predicted molar refractivity (Wildman–Crippen MR) is 63.6 cm³/mol. The van der Waals surface area contributed by atoms with Gasteiger partial charge in [-0.1, -0.05) is 13.3 Å². The summed E-state index contributed by atoms with van der Waals surface area (Å²) in [4.78, 5) is 13.9. The van der Waals surface area contributed by atoms with Crippen molar-refractivity contribution >= 4 is 5.91 Å². The Bertz CT molecular complexity index is 289. The third-order valence-corrected chi connectivity index (χ3v) is 3.77. The standard InChI is InChI=1S/C12H22N2O3/c1-3-4-12(16)7-14(8-12)11(15)9-5-17-6-10(9)13-2/h9-10,13,16H,3-8H2,1-2H3. The van der Waals surface area contributed by atoms with E-state index in [0.717, 1.165) is 12.8 Å². The fourth-order valence-corrected chi connectivity index (χ4v) is 2.76. The van der Waals surface area contributed by atoms with Crippen molar-refractivity contribution in [3.8, 4) is 0 Å². The molecule has 2 fully saturated rings. The third kappa shape index (κ3) is 2.46. The van der Waals surface area contributed by atoms with E-state index in [1.54, 1.807) is 4.90 Å². The number of ether oxygens (including phenoxy) is 1. The van der Waals surface area contributed by atoms with Crippen molar-refractivity contribution in [3.63, 3.8) is 0 Å². The Hall–Kier alpha value is -0.650. The SMILES string of the molecule is CCCC1(O)CN(C(=O)C2COCC2NC)C1. The summed E-state index contributed by atoms with van der Waals surface area (Å²) in [7, 11) is 1.85. The number of hydrogen-bond acceptors (Lipinski definition) is 4. The lowest BCUT2D eigenvalue weighted by Crippen LogP contribution is -2.65. The van der Waals surface area contributed by atoms with Gasteiger partial charge in [0.05, 0.1) is 37.8 Å². The van der Waals surface area contributed by atoms with Gasteiger partial charge in [-0.3, -0.25) is 4.79 Å². The fourth-order valence-electron chi connectivity index (χ4n) is 2.76. The van der Waals surface area contributed by atoms with Crippen molar-refractivity contribution in [3.05, 3.63) is 0 Å². The van der Waals surface area contributed by atoms with Crippen LogP contribution in [0.3, 0.4) is 0 Å². The van der Waals surface area contributed by atoms with E-state index in [9.17, 15) is 9.90 Å². The minimum atomic E-state index is -0.640. The molecule has 5 heteroatoms. The molecule has 17 heavy (non-hydrogen) atoms. The smallest absolute Gasteiger partial charge is 0.229 e. The summed E-state index contributed by atoms with van der Waals surface area (Å²) in [5, 5.41) is 13.2. The molecule has 2 saturated heterocycles. The molecule has 0 radical (unpaired) electrons. The van der Waals surface area contributed by atoms with Crippen LogP contribution in [0.25, 0.3) is 0 Å². The summed E-state index contributed by atoms with van der Waals surface area (Å²) in [6.07, 6.45) is 1.72. The van der Waals surface area contributed by atoms with Crippen LogP contribution in [0.4, 0.5) is 0 Å². The highest BCUT2D eigenvalue weighted by Crippen LogP contribution is 2.28. The Morgan fingerprint density at radius 2 is 2.24 bits per heavy atom. The molecule has 2 heterocycles.